The van der Waals surface area contributed by atoms with Gasteiger partial charge in [0.25, 0.3) is 0 Å². The van der Waals surface area contributed by atoms with Crippen molar-refractivity contribution in [1.82, 2.24) is 4.90 Å². The summed E-state index contributed by atoms with van der Waals surface area (Å²) in [4.78, 5) is 2.43. The maximum absolute atomic E-state index is 9.35. The minimum Gasteiger partial charge on any atom is -0.395 e. The van der Waals surface area contributed by atoms with E-state index >= 15 is 0 Å². The standard InChI is InChI=1S/C17H27NO2/c1-2-20-14-6-11-18(12-13-19)17-10-5-8-15-7-3-4-9-16(15)17/h3-4,7,9,17,19H,2,5-6,8,10-14H2,1H3. The molecule has 0 bridgehead atoms. The molecule has 1 N–H and O–H groups in total. The van der Waals surface area contributed by atoms with Crippen molar-refractivity contribution in [3.05, 3.63) is 35.4 Å². The second-order valence-electron chi connectivity index (χ2n) is 5.42. The molecule has 0 aromatic heterocycles. The van der Waals surface area contributed by atoms with Gasteiger partial charge in [-0.3, -0.25) is 4.90 Å². The molecule has 3 heteroatoms. The molecule has 112 valence electrons. The van der Waals surface area contributed by atoms with Gasteiger partial charge in [0, 0.05) is 32.3 Å². The van der Waals surface area contributed by atoms with Gasteiger partial charge >= 0.3 is 0 Å². The Kier molecular flexibility index (Phi) is 6.51. The van der Waals surface area contributed by atoms with Gasteiger partial charge in [-0.25, -0.2) is 0 Å². The van der Waals surface area contributed by atoms with Crippen LogP contribution in [0.15, 0.2) is 24.3 Å². The van der Waals surface area contributed by atoms with E-state index in [-0.39, 0.29) is 6.61 Å². The first-order valence-electron chi connectivity index (χ1n) is 7.87. The minimum atomic E-state index is 0.229. The smallest absolute Gasteiger partial charge is 0.0558 e. The lowest BCUT2D eigenvalue weighted by Crippen LogP contribution is -2.34. The highest BCUT2D eigenvalue weighted by molar-refractivity contribution is 5.32. The highest BCUT2D eigenvalue weighted by Crippen LogP contribution is 2.34. The molecule has 3 nitrogen and oxygen atoms in total. The Labute approximate surface area is 122 Å². The molecule has 20 heavy (non-hydrogen) atoms. The van der Waals surface area contributed by atoms with Crippen LogP contribution < -0.4 is 0 Å². The average Bonchev–Trinajstić information content (AvgIpc) is 2.50. The average molecular weight is 277 g/mol. The fraction of sp³-hybridized carbons (Fsp3) is 0.647. The van der Waals surface area contributed by atoms with E-state index in [9.17, 15) is 5.11 Å². The summed E-state index contributed by atoms with van der Waals surface area (Å²) in [5.74, 6) is 0. The summed E-state index contributed by atoms with van der Waals surface area (Å²) in [6.07, 6.45) is 4.67. The van der Waals surface area contributed by atoms with Crippen molar-refractivity contribution < 1.29 is 9.84 Å². The van der Waals surface area contributed by atoms with E-state index in [1.54, 1.807) is 0 Å². The van der Waals surface area contributed by atoms with Crippen molar-refractivity contribution in [3.8, 4) is 0 Å². The largest absolute Gasteiger partial charge is 0.395 e. The van der Waals surface area contributed by atoms with Gasteiger partial charge in [-0.2, -0.15) is 0 Å². The summed E-state index contributed by atoms with van der Waals surface area (Å²) in [6.45, 7) is 5.61. The fourth-order valence-corrected chi connectivity index (χ4v) is 3.17. The lowest BCUT2D eigenvalue weighted by molar-refractivity contribution is 0.103. The number of nitrogens with zero attached hydrogens (tertiary/aromatic N) is 1. The van der Waals surface area contributed by atoms with Crippen LogP contribution in [0.3, 0.4) is 0 Å². The first-order valence-corrected chi connectivity index (χ1v) is 7.87. The van der Waals surface area contributed by atoms with E-state index < -0.39 is 0 Å². The minimum absolute atomic E-state index is 0.229. The number of rotatable bonds is 8. The summed E-state index contributed by atoms with van der Waals surface area (Å²) < 4.78 is 5.43. The summed E-state index contributed by atoms with van der Waals surface area (Å²) in [6, 6.07) is 9.24. The molecule has 0 spiro atoms. The first-order chi connectivity index (χ1) is 9.86. The molecular formula is C17H27NO2. The lowest BCUT2D eigenvalue weighted by atomic mass is 9.86. The summed E-state index contributed by atoms with van der Waals surface area (Å²) in [5.41, 5.74) is 2.94. The Morgan fingerprint density at radius 2 is 2.15 bits per heavy atom. The van der Waals surface area contributed by atoms with Crippen molar-refractivity contribution in [3.63, 3.8) is 0 Å². The molecule has 1 aromatic carbocycles. The predicted octanol–water partition coefficient (Wildman–Crippen LogP) is 2.78. The molecule has 2 rings (SSSR count). The second-order valence-corrected chi connectivity index (χ2v) is 5.42. The van der Waals surface area contributed by atoms with E-state index in [0.29, 0.717) is 6.04 Å². The van der Waals surface area contributed by atoms with Crippen molar-refractivity contribution in [2.24, 2.45) is 0 Å². The number of fused-ring (bicyclic) bond motifs is 1. The molecule has 1 aromatic rings. The normalized spacial score (nSPS) is 18.2. The van der Waals surface area contributed by atoms with Crippen LogP contribution in [0.2, 0.25) is 0 Å². The number of aryl methyl sites for hydroxylation is 1. The van der Waals surface area contributed by atoms with E-state index in [1.165, 1.54) is 30.4 Å². The molecule has 0 radical (unpaired) electrons. The van der Waals surface area contributed by atoms with Gasteiger partial charge in [-0.1, -0.05) is 24.3 Å². The Hall–Kier alpha value is -0.900. The van der Waals surface area contributed by atoms with E-state index in [2.05, 4.69) is 29.2 Å². The van der Waals surface area contributed by atoms with Crippen molar-refractivity contribution in [1.29, 1.82) is 0 Å². The Balaban J connectivity index is 2.02. The van der Waals surface area contributed by atoms with Crippen LogP contribution in [-0.4, -0.2) is 42.9 Å². The molecule has 0 saturated carbocycles. The topological polar surface area (TPSA) is 32.7 Å². The Morgan fingerprint density at radius 1 is 1.30 bits per heavy atom. The van der Waals surface area contributed by atoms with Gasteiger partial charge in [0.05, 0.1) is 6.61 Å². The van der Waals surface area contributed by atoms with E-state index in [0.717, 1.165) is 32.7 Å². The van der Waals surface area contributed by atoms with Gasteiger partial charge < -0.3 is 9.84 Å². The number of hydrogen-bond donors (Lipinski definition) is 1. The number of hydrogen-bond acceptors (Lipinski definition) is 3. The van der Waals surface area contributed by atoms with Gasteiger partial charge in [0.15, 0.2) is 0 Å². The number of benzene rings is 1. The van der Waals surface area contributed by atoms with Gasteiger partial charge in [0.1, 0.15) is 0 Å². The van der Waals surface area contributed by atoms with Crippen LogP contribution in [0.5, 0.6) is 0 Å². The highest BCUT2D eigenvalue weighted by Gasteiger charge is 2.24. The Morgan fingerprint density at radius 3 is 2.95 bits per heavy atom. The van der Waals surface area contributed by atoms with E-state index in [1.807, 2.05) is 6.92 Å². The van der Waals surface area contributed by atoms with Crippen LogP contribution in [-0.2, 0) is 11.2 Å². The third-order valence-corrected chi connectivity index (χ3v) is 4.10. The molecule has 1 aliphatic carbocycles. The SMILES string of the molecule is CCOCCCN(CCO)C1CCCc2ccccc21. The molecule has 1 unspecified atom stereocenters. The zero-order valence-electron chi connectivity index (χ0n) is 12.6. The molecule has 0 aliphatic heterocycles. The lowest BCUT2D eigenvalue weighted by Gasteiger charge is -2.35. The molecule has 0 amide bonds. The van der Waals surface area contributed by atoms with Crippen molar-refractivity contribution >= 4 is 0 Å². The van der Waals surface area contributed by atoms with Gasteiger partial charge in [-0.05, 0) is 43.7 Å². The van der Waals surface area contributed by atoms with Crippen LogP contribution in [0.25, 0.3) is 0 Å². The zero-order valence-corrected chi connectivity index (χ0v) is 12.6. The van der Waals surface area contributed by atoms with Crippen LogP contribution in [0.4, 0.5) is 0 Å². The number of ether oxygens (including phenoxy) is 1. The summed E-state index contributed by atoms with van der Waals surface area (Å²) in [7, 11) is 0. The quantitative estimate of drug-likeness (QED) is 0.742. The molecule has 1 aliphatic rings. The maximum atomic E-state index is 9.35. The third kappa shape index (κ3) is 4.05. The molecule has 0 fully saturated rings. The van der Waals surface area contributed by atoms with Crippen LogP contribution in [0, 0.1) is 0 Å². The Bertz CT molecular complexity index is 394. The van der Waals surface area contributed by atoms with E-state index in [4.69, 9.17) is 4.74 Å². The second kappa shape index (κ2) is 8.40. The summed E-state index contributed by atoms with van der Waals surface area (Å²) >= 11 is 0. The maximum Gasteiger partial charge on any atom is 0.0558 e. The molecule has 0 saturated heterocycles. The number of aliphatic hydroxyl groups is 1. The fourth-order valence-electron chi connectivity index (χ4n) is 3.17. The third-order valence-electron chi connectivity index (χ3n) is 4.10. The van der Waals surface area contributed by atoms with Gasteiger partial charge in [-0.15, -0.1) is 0 Å². The molecular weight excluding hydrogens is 250 g/mol. The molecule has 0 heterocycles. The molecule has 1 atom stereocenters. The van der Waals surface area contributed by atoms with Crippen LogP contribution in [0.1, 0.15) is 43.4 Å². The van der Waals surface area contributed by atoms with Crippen molar-refractivity contribution in [2.75, 3.05) is 32.9 Å². The van der Waals surface area contributed by atoms with Crippen LogP contribution >= 0.6 is 0 Å². The zero-order chi connectivity index (χ0) is 14.2. The predicted molar refractivity (Wildman–Crippen MR) is 81.9 cm³/mol. The van der Waals surface area contributed by atoms with Gasteiger partial charge in [0.2, 0.25) is 0 Å². The van der Waals surface area contributed by atoms with Crippen molar-refractivity contribution in [2.45, 2.75) is 38.6 Å². The first kappa shape index (κ1) is 15.5. The summed E-state index contributed by atoms with van der Waals surface area (Å²) in [5, 5.41) is 9.35. The monoisotopic (exact) mass is 277 g/mol. The highest BCUT2D eigenvalue weighted by atomic mass is 16.5. The number of aliphatic hydroxyl groups excluding tert-OH is 1.